The van der Waals surface area contributed by atoms with Crippen molar-refractivity contribution in [2.45, 2.75) is 63.7 Å². The number of carbonyl (C=O) groups excluding carboxylic acids is 2. The van der Waals surface area contributed by atoms with Crippen LogP contribution in [-0.4, -0.2) is 59.4 Å². The van der Waals surface area contributed by atoms with Crippen LogP contribution in [0.25, 0.3) is 5.57 Å². The zero-order chi connectivity index (χ0) is 29.9. The third kappa shape index (κ3) is 6.94. The van der Waals surface area contributed by atoms with Gasteiger partial charge in [0.2, 0.25) is 5.91 Å². The predicted molar refractivity (Wildman–Crippen MR) is 166 cm³/mol. The first kappa shape index (κ1) is 29.4. The van der Waals surface area contributed by atoms with Gasteiger partial charge in [0.15, 0.2) is 0 Å². The van der Waals surface area contributed by atoms with Crippen molar-refractivity contribution in [2.24, 2.45) is 0 Å². The molecule has 0 aromatic heterocycles. The molecular formula is C35H37ClFN3O3. The van der Waals surface area contributed by atoms with Gasteiger partial charge in [0.25, 0.3) is 5.91 Å². The number of amides is 2. The van der Waals surface area contributed by atoms with E-state index in [2.05, 4.69) is 29.6 Å². The molecule has 3 aromatic carbocycles. The molecule has 2 amide bonds. The summed E-state index contributed by atoms with van der Waals surface area (Å²) in [5.41, 5.74) is 4.98. The van der Waals surface area contributed by atoms with Crippen molar-refractivity contribution < 1.29 is 18.7 Å². The lowest BCUT2D eigenvalue weighted by atomic mass is 9.82. The van der Waals surface area contributed by atoms with Crippen molar-refractivity contribution in [1.82, 2.24) is 15.1 Å². The molecule has 43 heavy (non-hydrogen) atoms. The maximum Gasteiger partial charge on any atom is 0.252 e. The molecular weight excluding hydrogens is 565 g/mol. The molecule has 1 saturated carbocycles. The number of benzene rings is 3. The van der Waals surface area contributed by atoms with E-state index in [9.17, 15) is 14.0 Å². The Morgan fingerprint density at radius 3 is 2.56 bits per heavy atom. The fourth-order valence-corrected chi connectivity index (χ4v) is 6.43. The van der Waals surface area contributed by atoms with E-state index < -0.39 is 0 Å². The molecule has 3 aliphatic rings. The highest BCUT2D eigenvalue weighted by Crippen LogP contribution is 2.38. The molecule has 2 atom stereocenters. The fourth-order valence-electron chi connectivity index (χ4n) is 6.24. The van der Waals surface area contributed by atoms with Crippen molar-refractivity contribution in [1.29, 1.82) is 0 Å². The summed E-state index contributed by atoms with van der Waals surface area (Å²) >= 11 is 6.51. The van der Waals surface area contributed by atoms with E-state index in [4.69, 9.17) is 16.3 Å². The summed E-state index contributed by atoms with van der Waals surface area (Å²) in [6.07, 6.45) is 4.27. The minimum atomic E-state index is -0.305. The van der Waals surface area contributed by atoms with E-state index in [1.807, 2.05) is 34.1 Å². The predicted octanol–water partition coefficient (Wildman–Crippen LogP) is 6.03. The maximum atomic E-state index is 14.5. The standard InChI is InChI=1S/C35H37ClFN3O3/c1-23(41)39-21-28-19-31(25-13-11-24(12-14-25)6-5-17-43-30-9-4-8-27(37)18-30)34(33(22-39)38-28)35(42)40(29-15-16-29)20-26-7-2-3-10-32(26)36/h2-4,7-14,18,28-29,33,38H,5-6,15-17,19-22H2,1H3. The van der Waals surface area contributed by atoms with Crippen LogP contribution in [0.15, 0.2) is 78.4 Å². The molecule has 224 valence electrons. The highest BCUT2D eigenvalue weighted by atomic mass is 35.5. The summed E-state index contributed by atoms with van der Waals surface area (Å²) in [5, 5.41) is 4.32. The summed E-state index contributed by atoms with van der Waals surface area (Å²) in [5.74, 6) is 0.291. The Morgan fingerprint density at radius 2 is 1.84 bits per heavy atom. The molecule has 2 bridgehead atoms. The van der Waals surface area contributed by atoms with Gasteiger partial charge in [0.1, 0.15) is 11.6 Å². The van der Waals surface area contributed by atoms with Gasteiger partial charge in [-0.1, -0.05) is 60.1 Å². The lowest BCUT2D eigenvalue weighted by molar-refractivity contribution is -0.132. The van der Waals surface area contributed by atoms with E-state index in [-0.39, 0.29) is 35.8 Å². The van der Waals surface area contributed by atoms with Crippen LogP contribution in [0.5, 0.6) is 5.75 Å². The molecule has 1 N–H and O–H groups in total. The number of rotatable bonds is 10. The quantitative estimate of drug-likeness (QED) is 0.288. The van der Waals surface area contributed by atoms with Crippen molar-refractivity contribution in [3.63, 3.8) is 0 Å². The third-order valence-electron chi connectivity index (χ3n) is 8.60. The molecule has 0 spiro atoms. The van der Waals surface area contributed by atoms with Gasteiger partial charge in [0, 0.05) is 55.3 Å². The minimum absolute atomic E-state index is 0.0253. The lowest BCUT2D eigenvalue weighted by Crippen LogP contribution is -2.61. The molecule has 2 fully saturated rings. The Morgan fingerprint density at radius 1 is 1.05 bits per heavy atom. The zero-order valence-corrected chi connectivity index (χ0v) is 25.2. The van der Waals surface area contributed by atoms with Crippen LogP contribution in [0.3, 0.4) is 0 Å². The fraction of sp³-hybridized carbons (Fsp3) is 0.371. The summed E-state index contributed by atoms with van der Waals surface area (Å²) < 4.78 is 19.1. The second-order valence-electron chi connectivity index (χ2n) is 11.8. The number of nitrogens with zero attached hydrogens (tertiary/aromatic N) is 2. The molecule has 2 unspecified atom stereocenters. The molecule has 1 saturated heterocycles. The maximum absolute atomic E-state index is 14.5. The highest BCUT2D eigenvalue weighted by Gasteiger charge is 2.43. The number of hydrogen-bond donors (Lipinski definition) is 1. The second kappa shape index (κ2) is 12.9. The van der Waals surface area contributed by atoms with Crippen molar-refractivity contribution in [3.05, 3.63) is 106 Å². The zero-order valence-electron chi connectivity index (χ0n) is 24.4. The Labute approximate surface area is 257 Å². The number of ether oxygens (including phenoxy) is 1. The summed E-state index contributed by atoms with van der Waals surface area (Å²) in [6, 6.07) is 22.4. The van der Waals surface area contributed by atoms with E-state index in [0.29, 0.717) is 43.4 Å². The first-order valence-corrected chi connectivity index (χ1v) is 15.5. The molecule has 0 radical (unpaired) electrons. The normalized spacial score (nSPS) is 19.7. The molecule has 6 nitrogen and oxygen atoms in total. The molecule has 8 heteroatoms. The van der Waals surface area contributed by atoms with Gasteiger partial charge >= 0.3 is 0 Å². The van der Waals surface area contributed by atoms with Crippen LogP contribution < -0.4 is 10.1 Å². The Kier molecular flexibility index (Phi) is 8.82. The number of halogens is 2. The summed E-state index contributed by atoms with van der Waals surface area (Å²) in [6.45, 7) is 3.67. The topological polar surface area (TPSA) is 61.9 Å². The first-order valence-electron chi connectivity index (χ1n) is 15.1. The van der Waals surface area contributed by atoms with Crippen LogP contribution in [0, 0.1) is 5.82 Å². The molecule has 1 aliphatic carbocycles. The summed E-state index contributed by atoms with van der Waals surface area (Å²) in [7, 11) is 0. The van der Waals surface area contributed by atoms with E-state index in [0.717, 1.165) is 48.0 Å². The van der Waals surface area contributed by atoms with Gasteiger partial charge in [-0.15, -0.1) is 0 Å². The van der Waals surface area contributed by atoms with Gasteiger partial charge in [-0.25, -0.2) is 4.39 Å². The van der Waals surface area contributed by atoms with Crippen LogP contribution in [-0.2, 0) is 22.6 Å². The monoisotopic (exact) mass is 601 g/mol. The number of carbonyl (C=O) groups is 2. The average molecular weight is 602 g/mol. The summed E-state index contributed by atoms with van der Waals surface area (Å²) in [4.78, 5) is 30.7. The van der Waals surface area contributed by atoms with E-state index >= 15 is 0 Å². The van der Waals surface area contributed by atoms with E-state index in [1.165, 1.54) is 17.7 Å². The van der Waals surface area contributed by atoms with Gasteiger partial charge in [0.05, 0.1) is 12.6 Å². The Hall–Kier alpha value is -3.68. The third-order valence-corrected chi connectivity index (χ3v) is 8.97. The number of nitrogens with one attached hydrogen (secondary N) is 1. The van der Waals surface area contributed by atoms with Crippen LogP contribution >= 0.6 is 11.6 Å². The smallest absolute Gasteiger partial charge is 0.252 e. The first-order chi connectivity index (χ1) is 20.9. The Balaban J connectivity index is 1.24. The van der Waals surface area contributed by atoms with Crippen LogP contribution in [0.1, 0.15) is 49.3 Å². The highest BCUT2D eigenvalue weighted by molar-refractivity contribution is 6.31. The van der Waals surface area contributed by atoms with Gasteiger partial charge in [-0.3, -0.25) is 9.59 Å². The number of fused-ring (bicyclic) bond motifs is 2. The Bertz CT molecular complexity index is 1520. The van der Waals surface area contributed by atoms with Crippen molar-refractivity contribution in [2.75, 3.05) is 19.7 Å². The van der Waals surface area contributed by atoms with E-state index in [1.54, 1.807) is 19.1 Å². The van der Waals surface area contributed by atoms with Crippen LogP contribution in [0.4, 0.5) is 4.39 Å². The molecule has 6 rings (SSSR count). The second-order valence-corrected chi connectivity index (χ2v) is 12.2. The van der Waals surface area contributed by atoms with Crippen LogP contribution in [0.2, 0.25) is 5.02 Å². The number of piperazine rings is 1. The van der Waals surface area contributed by atoms with Gasteiger partial charge < -0.3 is 19.9 Å². The number of hydrogen-bond acceptors (Lipinski definition) is 4. The molecule has 2 aliphatic heterocycles. The van der Waals surface area contributed by atoms with Crippen molar-refractivity contribution >= 4 is 29.0 Å². The lowest BCUT2D eigenvalue weighted by Gasteiger charge is -2.44. The van der Waals surface area contributed by atoms with Gasteiger partial charge in [-0.05, 0) is 72.6 Å². The number of aryl methyl sites for hydroxylation is 1. The minimum Gasteiger partial charge on any atom is -0.493 e. The molecule has 3 aromatic rings. The largest absolute Gasteiger partial charge is 0.493 e. The van der Waals surface area contributed by atoms with Crippen molar-refractivity contribution in [3.8, 4) is 5.75 Å². The average Bonchev–Trinajstić information content (AvgIpc) is 3.84. The van der Waals surface area contributed by atoms with Gasteiger partial charge in [-0.2, -0.15) is 0 Å². The molecule has 2 heterocycles. The SMILES string of the molecule is CC(=O)N1CC2CC(c3ccc(CCCOc4cccc(F)c4)cc3)=C(C(=O)N(Cc3ccccc3Cl)C3CC3)C(C1)N2.